The highest BCUT2D eigenvalue weighted by Gasteiger charge is 2.33. The number of hydrogen-bond donors (Lipinski definition) is 1. The summed E-state index contributed by atoms with van der Waals surface area (Å²) in [6.07, 6.45) is -4.44. The van der Waals surface area contributed by atoms with E-state index in [0.29, 0.717) is 49.8 Å². The van der Waals surface area contributed by atoms with Crippen LogP contribution in [0, 0.1) is 11.3 Å². The molecule has 1 aliphatic rings. The van der Waals surface area contributed by atoms with Crippen molar-refractivity contribution in [3.05, 3.63) is 155 Å². The molecule has 9 nitrogen and oxygen atoms in total. The summed E-state index contributed by atoms with van der Waals surface area (Å²) >= 11 is 0. The van der Waals surface area contributed by atoms with E-state index in [1.165, 1.54) is 12.1 Å². The van der Waals surface area contributed by atoms with Crippen LogP contribution in [0.15, 0.2) is 127 Å². The smallest absolute Gasteiger partial charge is 0.376 e. The van der Waals surface area contributed by atoms with Gasteiger partial charge in [0.15, 0.2) is 5.82 Å². The highest BCUT2D eigenvalue weighted by molar-refractivity contribution is 5.76. The molecule has 1 N–H and O–H groups in total. The average molecular weight is 700 g/mol. The molecule has 0 saturated carbocycles. The van der Waals surface area contributed by atoms with Gasteiger partial charge in [0, 0.05) is 44.6 Å². The van der Waals surface area contributed by atoms with Gasteiger partial charge >= 0.3 is 6.18 Å². The topological polar surface area (TPSA) is 89.1 Å². The molecule has 5 aromatic carbocycles. The zero-order valence-corrected chi connectivity index (χ0v) is 28.4. The Bertz CT molecular complexity index is 2180. The Morgan fingerprint density at radius 2 is 1.60 bits per heavy atom. The molecule has 262 valence electrons. The first-order valence-corrected chi connectivity index (χ1v) is 16.9. The fourth-order valence-electron chi connectivity index (χ4n) is 6.69. The maximum absolute atomic E-state index is 13.7. The first kappa shape index (κ1) is 34.3. The second kappa shape index (κ2) is 15.0. The summed E-state index contributed by atoms with van der Waals surface area (Å²) in [7, 11) is 2.02. The lowest BCUT2D eigenvalue weighted by Crippen LogP contribution is -2.48. The number of aromatic nitrogens is 4. The average Bonchev–Trinajstić information content (AvgIpc) is 3.66. The van der Waals surface area contributed by atoms with E-state index in [0.717, 1.165) is 39.9 Å². The molecule has 6 aromatic rings. The van der Waals surface area contributed by atoms with Crippen LogP contribution in [-0.2, 0) is 19.3 Å². The first-order chi connectivity index (χ1) is 25.3. The zero-order valence-electron chi connectivity index (χ0n) is 28.4. The summed E-state index contributed by atoms with van der Waals surface area (Å²) in [5.74, 6) is 0.600. The van der Waals surface area contributed by atoms with Gasteiger partial charge in [0.2, 0.25) is 0 Å². The number of nitrogens with zero attached hydrogens (tertiary/aromatic N) is 8. The number of tetrazole rings is 1. The molecular weight excluding hydrogens is 663 g/mol. The Hall–Kier alpha value is -6.19. The molecule has 12 heteroatoms. The number of alkyl halides is 3. The van der Waals surface area contributed by atoms with Crippen molar-refractivity contribution in [1.82, 2.24) is 25.1 Å². The molecule has 1 aromatic heterocycles. The van der Waals surface area contributed by atoms with Crippen molar-refractivity contribution in [3.63, 3.8) is 0 Å². The van der Waals surface area contributed by atoms with Crippen molar-refractivity contribution in [1.29, 1.82) is 5.26 Å². The van der Waals surface area contributed by atoms with E-state index in [2.05, 4.69) is 54.9 Å². The van der Waals surface area contributed by atoms with Gasteiger partial charge in [-0.05, 0) is 82.2 Å². The Morgan fingerprint density at radius 3 is 2.42 bits per heavy atom. The predicted octanol–water partition coefficient (Wildman–Crippen LogP) is 8.00. The van der Waals surface area contributed by atoms with Gasteiger partial charge in [0.05, 0.1) is 46.8 Å². The van der Waals surface area contributed by atoms with E-state index in [4.69, 9.17) is 0 Å². The van der Waals surface area contributed by atoms with Crippen LogP contribution < -0.4 is 15.1 Å². The summed E-state index contributed by atoms with van der Waals surface area (Å²) in [6, 6.07) is 41.1. The zero-order chi connectivity index (χ0) is 36.1. The van der Waals surface area contributed by atoms with Crippen molar-refractivity contribution < 1.29 is 13.2 Å². The van der Waals surface area contributed by atoms with Crippen LogP contribution in [0.4, 0.5) is 35.9 Å². The van der Waals surface area contributed by atoms with Gasteiger partial charge in [0.25, 0.3) is 0 Å². The Kier molecular flexibility index (Phi) is 9.86. The molecule has 0 amide bonds. The van der Waals surface area contributed by atoms with Crippen molar-refractivity contribution in [3.8, 4) is 11.8 Å². The van der Waals surface area contributed by atoms with Crippen molar-refractivity contribution in [2.75, 3.05) is 41.8 Å². The van der Waals surface area contributed by atoms with Gasteiger partial charge in [0.1, 0.15) is 0 Å². The minimum Gasteiger partial charge on any atom is -0.376 e. The second-order valence-corrected chi connectivity index (χ2v) is 12.6. The molecule has 2 heterocycles. The Morgan fingerprint density at radius 1 is 0.846 bits per heavy atom. The van der Waals surface area contributed by atoms with Crippen molar-refractivity contribution in [2.24, 2.45) is 0 Å². The lowest BCUT2D eigenvalue weighted by Gasteiger charge is -2.43. The number of hydrogen-bond acceptors (Lipinski definition) is 8. The number of nitriles is 1. The van der Waals surface area contributed by atoms with Crippen LogP contribution >= 0.6 is 0 Å². The van der Waals surface area contributed by atoms with Gasteiger partial charge in [-0.3, -0.25) is 4.90 Å². The van der Waals surface area contributed by atoms with Crippen LogP contribution in [0.2, 0.25) is 0 Å². The minimum absolute atomic E-state index is 0.214. The molecule has 1 aliphatic heterocycles. The lowest BCUT2D eigenvalue weighted by atomic mass is 9.99. The SMILES string of the molecule is CN(c1ccccc1)c1ccccc1NCc1nnnn1-c1cccc(C2CN(c3cccc(C(F)(F)F)c3)CCN2Cc2ccccc2C#N)c1. The van der Waals surface area contributed by atoms with Crippen LogP contribution in [0.3, 0.4) is 0 Å². The van der Waals surface area contributed by atoms with E-state index in [1.54, 1.807) is 16.8 Å². The van der Waals surface area contributed by atoms with E-state index in [-0.39, 0.29) is 6.04 Å². The van der Waals surface area contributed by atoms with Crippen LogP contribution in [0.25, 0.3) is 5.69 Å². The number of rotatable bonds is 10. The predicted molar refractivity (Wildman–Crippen MR) is 195 cm³/mol. The third-order valence-electron chi connectivity index (χ3n) is 9.42. The van der Waals surface area contributed by atoms with Crippen LogP contribution in [0.5, 0.6) is 0 Å². The molecule has 1 unspecified atom stereocenters. The quantitative estimate of drug-likeness (QED) is 0.154. The number of anilines is 4. The summed E-state index contributed by atoms with van der Waals surface area (Å²) in [6.45, 7) is 2.39. The third-order valence-corrected chi connectivity index (χ3v) is 9.42. The molecule has 0 aliphatic carbocycles. The summed E-state index contributed by atoms with van der Waals surface area (Å²) in [5, 5.41) is 26.0. The van der Waals surface area contributed by atoms with E-state index < -0.39 is 11.7 Å². The van der Waals surface area contributed by atoms with E-state index in [9.17, 15) is 18.4 Å². The van der Waals surface area contributed by atoms with E-state index >= 15 is 0 Å². The maximum Gasteiger partial charge on any atom is 0.416 e. The monoisotopic (exact) mass is 699 g/mol. The molecule has 1 saturated heterocycles. The van der Waals surface area contributed by atoms with Gasteiger partial charge in [-0.25, -0.2) is 0 Å². The molecule has 7 rings (SSSR count). The van der Waals surface area contributed by atoms with Crippen molar-refractivity contribution in [2.45, 2.75) is 25.3 Å². The Labute approximate surface area is 300 Å². The molecule has 0 radical (unpaired) electrons. The fourth-order valence-corrected chi connectivity index (χ4v) is 6.69. The van der Waals surface area contributed by atoms with Crippen LogP contribution in [-0.4, -0.2) is 51.8 Å². The second-order valence-electron chi connectivity index (χ2n) is 12.6. The summed E-state index contributed by atoms with van der Waals surface area (Å²) in [5.41, 5.74) is 6.00. The highest BCUT2D eigenvalue weighted by Crippen LogP contribution is 2.36. The molecule has 0 bridgehead atoms. The molecule has 1 fully saturated rings. The van der Waals surface area contributed by atoms with Crippen LogP contribution in [0.1, 0.15) is 34.1 Å². The number of nitrogens with one attached hydrogen (secondary N) is 1. The van der Waals surface area contributed by atoms with Gasteiger partial charge in [-0.2, -0.15) is 23.1 Å². The standard InChI is InChI=1S/C40H36F3N9/c1-49(33-15-3-2-4-16-33)37-20-8-7-19-36(37)45-26-39-46-47-48-52(39)35-18-9-13-29(23-35)38-28-50(34-17-10-14-32(24-34)40(41,42)43)21-22-51(38)27-31-12-6-5-11-30(31)25-44/h2-20,23-24,38,45H,21-22,26-28H2,1H3. The fraction of sp³-hybridized carbons (Fsp3) is 0.200. The largest absolute Gasteiger partial charge is 0.416 e. The number of para-hydroxylation sites is 3. The number of piperazine rings is 1. The molecular formula is C40H36F3N9. The lowest BCUT2D eigenvalue weighted by molar-refractivity contribution is -0.137. The normalized spacial score (nSPS) is 14.9. The van der Waals surface area contributed by atoms with Gasteiger partial charge < -0.3 is 15.1 Å². The summed E-state index contributed by atoms with van der Waals surface area (Å²) < 4.78 is 42.7. The maximum atomic E-state index is 13.7. The first-order valence-electron chi connectivity index (χ1n) is 16.9. The molecule has 0 spiro atoms. The highest BCUT2D eigenvalue weighted by atomic mass is 19.4. The molecule has 1 atom stereocenters. The van der Waals surface area contributed by atoms with E-state index in [1.807, 2.05) is 90.8 Å². The number of benzene rings is 5. The van der Waals surface area contributed by atoms with Gasteiger partial charge in [-0.1, -0.05) is 66.7 Å². The van der Waals surface area contributed by atoms with Gasteiger partial charge in [-0.15, -0.1) is 5.10 Å². The number of halogens is 3. The third kappa shape index (κ3) is 7.45. The van der Waals surface area contributed by atoms with Crippen molar-refractivity contribution >= 4 is 22.7 Å². The summed E-state index contributed by atoms with van der Waals surface area (Å²) in [4.78, 5) is 6.39. The molecule has 52 heavy (non-hydrogen) atoms. The minimum atomic E-state index is -4.44. The Balaban J connectivity index is 1.17.